The number of nitrogens with one attached hydrogen (secondary N) is 2. The average molecular weight is 276 g/mol. The molecule has 0 amide bonds. The second-order valence-electron chi connectivity index (χ2n) is 4.52. The number of aliphatic hydroxyl groups is 1. The summed E-state index contributed by atoms with van der Waals surface area (Å²) < 4.78 is 0. The number of nitrogens with zero attached hydrogens (tertiary/aromatic N) is 2. The van der Waals surface area contributed by atoms with Crippen LogP contribution < -0.4 is 10.9 Å². The molecular weight excluding hydrogens is 256 g/mol. The number of aromatic amines is 1. The fourth-order valence-electron chi connectivity index (χ4n) is 2.07. The standard InChI is InChI=1S/C14H20N4O2/c1-2-18(9-10-19)8-7-15-14-16-12-6-4-3-5-11(12)13(20)17-14/h3-6,19H,2,7-10H2,1H3,(H2,15,16,17,20). The lowest BCUT2D eigenvalue weighted by molar-refractivity contribution is 0.206. The van der Waals surface area contributed by atoms with E-state index in [0.29, 0.717) is 29.9 Å². The number of rotatable bonds is 7. The molecular formula is C14H20N4O2. The van der Waals surface area contributed by atoms with Crippen molar-refractivity contribution >= 4 is 16.9 Å². The molecule has 1 aromatic carbocycles. The van der Waals surface area contributed by atoms with Crippen LogP contribution in [0.3, 0.4) is 0 Å². The van der Waals surface area contributed by atoms with Crippen LogP contribution in [0.4, 0.5) is 5.95 Å². The van der Waals surface area contributed by atoms with Crippen LogP contribution in [-0.4, -0.2) is 52.8 Å². The van der Waals surface area contributed by atoms with Crippen LogP contribution in [0.2, 0.25) is 0 Å². The summed E-state index contributed by atoms with van der Waals surface area (Å²) in [6.07, 6.45) is 0. The summed E-state index contributed by atoms with van der Waals surface area (Å²) in [6, 6.07) is 7.25. The zero-order valence-electron chi connectivity index (χ0n) is 11.6. The molecule has 6 nitrogen and oxygen atoms in total. The first kappa shape index (κ1) is 14.5. The van der Waals surface area contributed by atoms with Crippen LogP contribution in [0.5, 0.6) is 0 Å². The molecule has 2 rings (SSSR count). The van der Waals surface area contributed by atoms with Crippen molar-refractivity contribution in [3.8, 4) is 0 Å². The van der Waals surface area contributed by atoms with Crippen molar-refractivity contribution in [2.75, 3.05) is 38.1 Å². The van der Waals surface area contributed by atoms with E-state index in [4.69, 9.17) is 5.11 Å². The summed E-state index contributed by atoms with van der Waals surface area (Å²) >= 11 is 0. The number of aromatic nitrogens is 2. The van der Waals surface area contributed by atoms with E-state index in [0.717, 1.165) is 13.1 Å². The predicted molar refractivity (Wildman–Crippen MR) is 80.1 cm³/mol. The van der Waals surface area contributed by atoms with Crippen molar-refractivity contribution in [2.24, 2.45) is 0 Å². The van der Waals surface area contributed by atoms with Crippen LogP contribution in [0, 0.1) is 0 Å². The second-order valence-corrected chi connectivity index (χ2v) is 4.52. The third-order valence-corrected chi connectivity index (χ3v) is 3.20. The Morgan fingerprint density at radius 3 is 2.90 bits per heavy atom. The summed E-state index contributed by atoms with van der Waals surface area (Å²) in [5.41, 5.74) is 0.544. The minimum Gasteiger partial charge on any atom is -0.395 e. The highest BCUT2D eigenvalue weighted by molar-refractivity contribution is 5.78. The van der Waals surface area contributed by atoms with E-state index < -0.39 is 0 Å². The summed E-state index contributed by atoms with van der Waals surface area (Å²) in [4.78, 5) is 21.1. The maximum atomic E-state index is 11.9. The smallest absolute Gasteiger partial charge is 0.260 e. The molecule has 0 aliphatic carbocycles. The first-order chi connectivity index (χ1) is 9.74. The lowest BCUT2D eigenvalue weighted by Crippen LogP contribution is -2.32. The predicted octanol–water partition coefficient (Wildman–Crippen LogP) is 0.649. The van der Waals surface area contributed by atoms with Crippen LogP contribution in [0.1, 0.15) is 6.92 Å². The van der Waals surface area contributed by atoms with Gasteiger partial charge in [0.25, 0.3) is 5.56 Å². The summed E-state index contributed by atoms with van der Waals surface area (Å²) in [5, 5.41) is 12.6. The Kier molecular flexibility index (Phi) is 5.09. The number of hydrogen-bond acceptors (Lipinski definition) is 5. The van der Waals surface area contributed by atoms with Crippen LogP contribution in [0.15, 0.2) is 29.1 Å². The van der Waals surface area contributed by atoms with Crippen molar-refractivity contribution in [1.29, 1.82) is 0 Å². The highest BCUT2D eigenvalue weighted by Crippen LogP contribution is 2.07. The number of benzene rings is 1. The van der Waals surface area contributed by atoms with Gasteiger partial charge in [-0.15, -0.1) is 0 Å². The minimum atomic E-state index is -0.138. The average Bonchev–Trinajstić information content (AvgIpc) is 2.46. The zero-order valence-corrected chi connectivity index (χ0v) is 11.6. The number of H-pyrrole nitrogens is 1. The molecule has 3 N–H and O–H groups in total. The maximum absolute atomic E-state index is 11.9. The number of para-hydroxylation sites is 1. The Hall–Kier alpha value is -1.92. The molecule has 0 bridgehead atoms. The first-order valence-corrected chi connectivity index (χ1v) is 6.80. The van der Waals surface area contributed by atoms with Gasteiger partial charge < -0.3 is 10.4 Å². The highest BCUT2D eigenvalue weighted by Gasteiger charge is 2.04. The van der Waals surface area contributed by atoms with Crippen molar-refractivity contribution < 1.29 is 5.11 Å². The molecule has 0 aliphatic heterocycles. The van der Waals surface area contributed by atoms with Crippen molar-refractivity contribution in [2.45, 2.75) is 6.92 Å². The molecule has 108 valence electrons. The molecule has 0 spiro atoms. The third kappa shape index (κ3) is 3.55. The van der Waals surface area contributed by atoms with Gasteiger partial charge >= 0.3 is 0 Å². The third-order valence-electron chi connectivity index (χ3n) is 3.20. The molecule has 0 fully saturated rings. The molecule has 1 heterocycles. The van der Waals surface area contributed by atoms with Gasteiger partial charge in [-0.05, 0) is 18.7 Å². The maximum Gasteiger partial charge on any atom is 0.260 e. The number of hydrogen-bond donors (Lipinski definition) is 3. The first-order valence-electron chi connectivity index (χ1n) is 6.80. The molecule has 0 saturated heterocycles. The Bertz CT molecular complexity index is 611. The van der Waals surface area contributed by atoms with Gasteiger partial charge in [0.1, 0.15) is 0 Å². The van der Waals surface area contributed by atoms with E-state index in [9.17, 15) is 4.79 Å². The number of likely N-dealkylation sites (N-methyl/N-ethyl adjacent to an activating group) is 1. The lowest BCUT2D eigenvalue weighted by Gasteiger charge is -2.19. The van der Waals surface area contributed by atoms with Crippen LogP contribution >= 0.6 is 0 Å². The van der Waals surface area contributed by atoms with Gasteiger partial charge in [-0.3, -0.25) is 14.7 Å². The van der Waals surface area contributed by atoms with Crippen molar-refractivity contribution in [3.05, 3.63) is 34.6 Å². The van der Waals surface area contributed by atoms with Gasteiger partial charge in [-0.1, -0.05) is 19.1 Å². The molecule has 0 aliphatic rings. The largest absolute Gasteiger partial charge is 0.395 e. The molecule has 20 heavy (non-hydrogen) atoms. The second kappa shape index (κ2) is 7.02. The van der Waals surface area contributed by atoms with Gasteiger partial charge in [0.05, 0.1) is 17.5 Å². The van der Waals surface area contributed by atoms with Gasteiger partial charge in [0.2, 0.25) is 5.95 Å². The number of fused-ring (bicyclic) bond motifs is 1. The van der Waals surface area contributed by atoms with Gasteiger partial charge in [-0.25, -0.2) is 4.98 Å². The summed E-state index contributed by atoms with van der Waals surface area (Å²) in [7, 11) is 0. The monoisotopic (exact) mass is 276 g/mol. The van der Waals surface area contributed by atoms with Gasteiger partial charge in [0.15, 0.2) is 0 Å². The topological polar surface area (TPSA) is 81.2 Å². The fourth-order valence-corrected chi connectivity index (χ4v) is 2.07. The Morgan fingerprint density at radius 1 is 1.35 bits per heavy atom. The number of aliphatic hydroxyl groups excluding tert-OH is 1. The Morgan fingerprint density at radius 2 is 2.15 bits per heavy atom. The molecule has 0 radical (unpaired) electrons. The summed E-state index contributed by atoms with van der Waals surface area (Å²) in [6.45, 7) is 5.18. The quantitative estimate of drug-likeness (QED) is 0.692. The normalized spacial score (nSPS) is 11.2. The lowest BCUT2D eigenvalue weighted by atomic mass is 10.2. The van der Waals surface area contributed by atoms with E-state index in [1.54, 1.807) is 6.07 Å². The molecule has 1 aromatic heterocycles. The fraction of sp³-hybridized carbons (Fsp3) is 0.429. The minimum absolute atomic E-state index is 0.138. The molecule has 0 atom stereocenters. The Labute approximate surface area is 117 Å². The molecule has 2 aromatic rings. The highest BCUT2D eigenvalue weighted by atomic mass is 16.3. The van der Waals surface area contributed by atoms with Crippen LogP contribution in [-0.2, 0) is 0 Å². The number of anilines is 1. The zero-order chi connectivity index (χ0) is 14.4. The van der Waals surface area contributed by atoms with Crippen LogP contribution in [0.25, 0.3) is 10.9 Å². The van der Waals surface area contributed by atoms with E-state index in [-0.39, 0.29) is 12.2 Å². The van der Waals surface area contributed by atoms with Crippen molar-refractivity contribution in [3.63, 3.8) is 0 Å². The van der Waals surface area contributed by atoms with Crippen molar-refractivity contribution in [1.82, 2.24) is 14.9 Å². The summed E-state index contributed by atoms with van der Waals surface area (Å²) in [5.74, 6) is 0.480. The molecule has 0 saturated carbocycles. The van der Waals surface area contributed by atoms with Gasteiger partial charge in [-0.2, -0.15) is 0 Å². The van der Waals surface area contributed by atoms with E-state index in [1.807, 2.05) is 25.1 Å². The van der Waals surface area contributed by atoms with E-state index in [2.05, 4.69) is 20.2 Å². The molecule has 6 heteroatoms. The Balaban J connectivity index is 2.01. The van der Waals surface area contributed by atoms with E-state index >= 15 is 0 Å². The van der Waals surface area contributed by atoms with E-state index in [1.165, 1.54) is 0 Å². The SMILES string of the molecule is CCN(CCO)CCNc1nc2ccccc2c(=O)[nH]1. The molecule has 0 unspecified atom stereocenters. The van der Waals surface area contributed by atoms with Gasteiger partial charge in [0, 0.05) is 19.6 Å².